The lowest BCUT2D eigenvalue weighted by molar-refractivity contribution is 0.475. The summed E-state index contributed by atoms with van der Waals surface area (Å²) < 4.78 is 0. The summed E-state index contributed by atoms with van der Waals surface area (Å²) in [5.74, 6) is 0.816. The van der Waals surface area contributed by atoms with E-state index in [2.05, 4.69) is 69.3 Å². The number of halogens is 1. The topological polar surface area (TPSA) is 20.2 Å². The molecule has 1 nitrogen and oxygen atoms in total. The van der Waals surface area contributed by atoms with Gasteiger partial charge in [0, 0.05) is 5.88 Å². The van der Waals surface area contributed by atoms with Gasteiger partial charge in [0.15, 0.2) is 0 Å². The van der Waals surface area contributed by atoms with Gasteiger partial charge < -0.3 is 5.11 Å². The van der Waals surface area contributed by atoms with Crippen molar-refractivity contribution >= 4 is 22.7 Å². The highest BCUT2D eigenvalue weighted by Crippen LogP contribution is 2.36. The molecule has 0 spiro atoms. The number of alkyl halides is 1. The molecule has 0 aliphatic rings. The first kappa shape index (κ1) is 20.2. The molecule has 2 heteroatoms. The van der Waals surface area contributed by atoms with Gasteiger partial charge in [-0.15, -0.1) is 11.6 Å². The second-order valence-electron chi connectivity index (χ2n) is 8.03. The minimum absolute atomic E-state index is 0.110. The first-order valence-electron chi connectivity index (χ1n) is 9.65. The summed E-state index contributed by atoms with van der Waals surface area (Å²) in [6.45, 7) is 6.67. The molecule has 0 unspecified atom stereocenters. The van der Waals surface area contributed by atoms with Gasteiger partial charge in [0.25, 0.3) is 0 Å². The lowest BCUT2D eigenvalue weighted by Crippen LogP contribution is -2.10. The maximum Gasteiger partial charge on any atom is 0.115 e. The highest BCUT2D eigenvalue weighted by atomic mass is 35.5. The molecule has 3 aromatic carbocycles. The summed E-state index contributed by atoms with van der Waals surface area (Å²) in [5.41, 5.74) is 7.19. The molecule has 0 bridgehead atoms. The van der Waals surface area contributed by atoms with E-state index in [0.29, 0.717) is 5.88 Å². The minimum Gasteiger partial charge on any atom is -0.508 e. The third-order valence-corrected chi connectivity index (χ3v) is 5.15. The molecule has 0 atom stereocenters. The van der Waals surface area contributed by atoms with Crippen molar-refractivity contribution < 1.29 is 5.11 Å². The van der Waals surface area contributed by atoms with Crippen molar-refractivity contribution in [3.63, 3.8) is 0 Å². The van der Waals surface area contributed by atoms with E-state index in [0.717, 1.165) is 23.1 Å². The largest absolute Gasteiger partial charge is 0.508 e. The van der Waals surface area contributed by atoms with Crippen molar-refractivity contribution in [2.75, 3.05) is 5.88 Å². The van der Waals surface area contributed by atoms with Crippen LogP contribution in [0.5, 0.6) is 5.75 Å². The van der Waals surface area contributed by atoms with Gasteiger partial charge in [-0.1, -0.05) is 87.5 Å². The van der Waals surface area contributed by atoms with Crippen molar-refractivity contribution in [1.29, 1.82) is 0 Å². The van der Waals surface area contributed by atoms with Crippen molar-refractivity contribution in [1.82, 2.24) is 0 Å². The number of phenolic OH excluding ortho intramolecular Hbond substituents is 1. The number of aromatic hydroxyl groups is 1. The van der Waals surface area contributed by atoms with Crippen molar-refractivity contribution in [3.8, 4) is 5.75 Å². The third kappa shape index (κ3) is 4.66. The lowest BCUT2D eigenvalue weighted by Gasteiger charge is -2.21. The van der Waals surface area contributed by atoms with E-state index in [-0.39, 0.29) is 11.2 Å². The Morgan fingerprint density at radius 1 is 0.750 bits per heavy atom. The van der Waals surface area contributed by atoms with E-state index in [1.54, 1.807) is 12.1 Å². The van der Waals surface area contributed by atoms with Crippen LogP contribution < -0.4 is 0 Å². The van der Waals surface area contributed by atoms with E-state index < -0.39 is 0 Å². The van der Waals surface area contributed by atoms with Crippen LogP contribution >= 0.6 is 11.6 Å². The fraction of sp³-hybridized carbons (Fsp3) is 0.231. The van der Waals surface area contributed by atoms with Crippen LogP contribution in [0.3, 0.4) is 0 Å². The van der Waals surface area contributed by atoms with Gasteiger partial charge in [-0.25, -0.2) is 0 Å². The maximum atomic E-state index is 9.76. The Bertz CT molecular complexity index is 930. The molecule has 1 N–H and O–H groups in total. The Labute approximate surface area is 173 Å². The van der Waals surface area contributed by atoms with Gasteiger partial charge in [-0.05, 0) is 57.4 Å². The number of phenols is 1. The van der Waals surface area contributed by atoms with Crippen LogP contribution in [0, 0.1) is 0 Å². The molecule has 0 fully saturated rings. The quantitative estimate of drug-likeness (QED) is 0.358. The highest BCUT2D eigenvalue weighted by Gasteiger charge is 2.17. The molecule has 0 heterocycles. The number of benzene rings is 3. The predicted octanol–water partition coefficient (Wildman–Crippen LogP) is 7.28. The van der Waals surface area contributed by atoms with Gasteiger partial charge in [-0.2, -0.15) is 0 Å². The van der Waals surface area contributed by atoms with Crippen molar-refractivity contribution in [2.45, 2.75) is 32.6 Å². The van der Waals surface area contributed by atoms with Gasteiger partial charge in [0.05, 0.1) is 0 Å². The third-order valence-electron chi connectivity index (χ3n) is 4.96. The number of allylic oxidation sites excluding steroid dienone is 1. The zero-order valence-corrected chi connectivity index (χ0v) is 17.5. The van der Waals surface area contributed by atoms with Crippen LogP contribution in [0.4, 0.5) is 0 Å². The fourth-order valence-corrected chi connectivity index (χ4v) is 3.62. The molecule has 144 valence electrons. The van der Waals surface area contributed by atoms with Crippen LogP contribution in [-0.2, 0) is 5.41 Å². The molecule has 28 heavy (non-hydrogen) atoms. The van der Waals surface area contributed by atoms with Crippen LogP contribution in [0.25, 0.3) is 11.1 Å². The molecule has 0 aliphatic heterocycles. The Hall–Kier alpha value is -2.51. The normalized spacial score (nSPS) is 12.6. The molecule has 0 aromatic heterocycles. The Morgan fingerprint density at radius 3 is 1.79 bits per heavy atom. The van der Waals surface area contributed by atoms with E-state index in [9.17, 15) is 5.11 Å². The van der Waals surface area contributed by atoms with Gasteiger partial charge in [0.2, 0.25) is 0 Å². The summed E-state index contributed by atoms with van der Waals surface area (Å²) in [4.78, 5) is 0. The SMILES string of the molecule is CC(C)(C)c1ccc(/C(=C(/CCCl)c2ccccc2)c2ccc(O)cc2)cc1. The Kier molecular flexibility index (Phi) is 6.26. The van der Waals surface area contributed by atoms with Gasteiger partial charge in [0.1, 0.15) is 5.75 Å². The number of hydrogen-bond acceptors (Lipinski definition) is 1. The van der Waals surface area contributed by atoms with Crippen molar-refractivity contribution in [2.24, 2.45) is 0 Å². The second kappa shape index (κ2) is 8.67. The number of rotatable bonds is 5. The smallest absolute Gasteiger partial charge is 0.115 e. The Morgan fingerprint density at radius 2 is 1.29 bits per heavy atom. The fourth-order valence-electron chi connectivity index (χ4n) is 3.43. The molecule has 0 radical (unpaired) electrons. The minimum atomic E-state index is 0.110. The van der Waals surface area contributed by atoms with Crippen molar-refractivity contribution in [3.05, 3.63) is 101 Å². The summed E-state index contributed by atoms with van der Waals surface area (Å²) in [5, 5.41) is 9.76. The molecule has 0 aliphatic carbocycles. The molecule has 0 saturated carbocycles. The average molecular weight is 391 g/mol. The Balaban J connectivity index is 2.23. The first-order chi connectivity index (χ1) is 13.4. The monoisotopic (exact) mass is 390 g/mol. The predicted molar refractivity (Wildman–Crippen MR) is 121 cm³/mol. The van der Waals surface area contributed by atoms with Gasteiger partial charge in [-0.3, -0.25) is 0 Å². The average Bonchev–Trinajstić information content (AvgIpc) is 2.69. The van der Waals surface area contributed by atoms with E-state index >= 15 is 0 Å². The van der Waals surface area contributed by atoms with Gasteiger partial charge >= 0.3 is 0 Å². The molecular weight excluding hydrogens is 364 g/mol. The molecule has 3 rings (SSSR count). The maximum absolute atomic E-state index is 9.76. The van der Waals surface area contributed by atoms with Crippen LogP contribution in [0.2, 0.25) is 0 Å². The van der Waals surface area contributed by atoms with Crippen LogP contribution in [-0.4, -0.2) is 11.0 Å². The summed E-state index contributed by atoms with van der Waals surface area (Å²) in [6, 6.07) is 26.6. The lowest BCUT2D eigenvalue weighted by atomic mass is 9.84. The zero-order valence-electron chi connectivity index (χ0n) is 16.7. The van der Waals surface area contributed by atoms with E-state index in [1.807, 2.05) is 18.2 Å². The van der Waals surface area contributed by atoms with E-state index in [4.69, 9.17) is 11.6 Å². The summed E-state index contributed by atoms with van der Waals surface area (Å²) >= 11 is 6.20. The first-order valence-corrected chi connectivity index (χ1v) is 10.2. The summed E-state index contributed by atoms with van der Waals surface area (Å²) in [7, 11) is 0. The standard InChI is InChI=1S/C26H27ClO/c1-26(2,3)22-13-9-20(10-14-22)25(21-11-15-23(28)16-12-21)24(17-18-27)19-7-5-4-6-8-19/h4-16,28H,17-18H2,1-3H3/b25-24+. The second-order valence-corrected chi connectivity index (χ2v) is 8.41. The molecular formula is C26H27ClO. The molecule has 0 amide bonds. The molecule has 3 aromatic rings. The highest BCUT2D eigenvalue weighted by molar-refractivity contribution is 6.18. The molecule has 0 saturated heterocycles. The van der Waals surface area contributed by atoms with Crippen LogP contribution in [0.15, 0.2) is 78.9 Å². The van der Waals surface area contributed by atoms with E-state index in [1.165, 1.54) is 16.7 Å². The number of hydrogen-bond donors (Lipinski definition) is 1. The van der Waals surface area contributed by atoms with Crippen LogP contribution in [0.1, 0.15) is 49.4 Å². The zero-order chi connectivity index (χ0) is 20.1. The summed E-state index contributed by atoms with van der Waals surface area (Å²) in [6.07, 6.45) is 0.767.